The Kier molecular flexibility index (Phi) is 4.54. The van der Waals surface area contributed by atoms with Crippen LogP contribution >= 0.6 is 11.6 Å². The zero-order chi connectivity index (χ0) is 14.7. The Morgan fingerprint density at radius 1 is 1.40 bits per heavy atom. The van der Waals surface area contributed by atoms with Crippen LogP contribution in [-0.4, -0.2) is 33.9 Å². The molecule has 0 amide bonds. The van der Waals surface area contributed by atoms with Gasteiger partial charge in [0.05, 0.1) is 12.1 Å². The van der Waals surface area contributed by atoms with E-state index in [0.717, 1.165) is 5.39 Å². The van der Waals surface area contributed by atoms with Gasteiger partial charge in [-0.2, -0.15) is 0 Å². The molecule has 0 bridgehead atoms. The van der Waals surface area contributed by atoms with Gasteiger partial charge in [0, 0.05) is 10.9 Å². The average Bonchev–Trinajstić information content (AvgIpc) is 2.45. The van der Waals surface area contributed by atoms with Crippen LogP contribution in [0.3, 0.4) is 0 Å². The molecular formula is C14H14ClNO4. The zero-order valence-corrected chi connectivity index (χ0v) is 11.5. The second-order valence-corrected chi connectivity index (χ2v) is 4.56. The molecule has 0 aliphatic heterocycles. The molecule has 0 aliphatic carbocycles. The Morgan fingerprint density at radius 2 is 2.10 bits per heavy atom. The van der Waals surface area contributed by atoms with Crippen molar-refractivity contribution in [2.24, 2.45) is 0 Å². The van der Waals surface area contributed by atoms with Crippen LogP contribution in [-0.2, 0) is 9.53 Å². The second-order valence-electron chi connectivity index (χ2n) is 4.20. The van der Waals surface area contributed by atoms with Crippen LogP contribution in [0.5, 0.6) is 0 Å². The number of halogens is 1. The second kappa shape index (κ2) is 6.17. The van der Waals surface area contributed by atoms with Crippen LogP contribution in [0.2, 0.25) is 5.15 Å². The van der Waals surface area contributed by atoms with E-state index in [1.165, 1.54) is 0 Å². The summed E-state index contributed by atoms with van der Waals surface area (Å²) in [6.07, 6.45) is -3.19. The van der Waals surface area contributed by atoms with E-state index < -0.39 is 18.2 Å². The molecule has 1 aromatic heterocycles. The van der Waals surface area contributed by atoms with Gasteiger partial charge in [0.1, 0.15) is 11.3 Å². The van der Waals surface area contributed by atoms with Crippen molar-refractivity contribution in [3.63, 3.8) is 0 Å². The standard InChI is InChI=1S/C14H14ClNO4/c1-2-20-14(19)12(18)11(17)9-7-8-5-3-4-6-10(8)16-13(9)15/h3-7,11-12,17-18H,2H2,1H3. The summed E-state index contributed by atoms with van der Waals surface area (Å²) in [6, 6.07) is 8.80. The van der Waals surface area contributed by atoms with Crippen LogP contribution in [0.15, 0.2) is 30.3 Å². The number of hydrogen-bond acceptors (Lipinski definition) is 5. The van der Waals surface area contributed by atoms with Crippen molar-refractivity contribution in [3.05, 3.63) is 41.0 Å². The predicted molar refractivity (Wildman–Crippen MR) is 74.4 cm³/mol. The highest BCUT2D eigenvalue weighted by Gasteiger charge is 2.29. The van der Waals surface area contributed by atoms with E-state index in [9.17, 15) is 15.0 Å². The number of aliphatic hydroxyl groups excluding tert-OH is 2. The van der Waals surface area contributed by atoms with Crippen molar-refractivity contribution >= 4 is 28.5 Å². The number of hydrogen-bond donors (Lipinski definition) is 2. The smallest absolute Gasteiger partial charge is 0.338 e. The topological polar surface area (TPSA) is 79.7 Å². The van der Waals surface area contributed by atoms with Crippen molar-refractivity contribution in [1.82, 2.24) is 4.98 Å². The lowest BCUT2D eigenvalue weighted by Crippen LogP contribution is -2.30. The number of ether oxygens (including phenoxy) is 1. The fraction of sp³-hybridized carbons (Fsp3) is 0.286. The number of carbonyl (C=O) groups excluding carboxylic acids is 1. The number of nitrogens with zero attached hydrogens (tertiary/aromatic N) is 1. The minimum Gasteiger partial charge on any atom is -0.464 e. The van der Waals surface area contributed by atoms with Gasteiger partial charge in [-0.3, -0.25) is 0 Å². The molecule has 0 fully saturated rings. The maximum Gasteiger partial charge on any atom is 0.338 e. The number of fused-ring (bicyclic) bond motifs is 1. The van der Waals surface area contributed by atoms with Crippen LogP contribution < -0.4 is 0 Å². The summed E-state index contributed by atoms with van der Waals surface area (Å²) < 4.78 is 4.66. The van der Waals surface area contributed by atoms with E-state index in [0.29, 0.717) is 5.52 Å². The molecule has 1 aromatic carbocycles. The molecule has 1 heterocycles. The van der Waals surface area contributed by atoms with Crippen molar-refractivity contribution in [2.75, 3.05) is 6.61 Å². The van der Waals surface area contributed by atoms with Crippen molar-refractivity contribution in [1.29, 1.82) is 0 Å². The fourth-order valence-corrected chi connectivity index (χ4v) is 2.10. The number of carbonyl (C=O) groups is 1. The zero-order valence-electron chi connectivity index (χ0n) is 10.8. The highest BCUT2D eigenvalue weighted by atomic mass is 35.5. The fourth-order valence-electron chi connectivity index (χ4n) is 1.84. The highest BCUT2D eigenvalue weighted by Crippen LogP contribution is 2.28. The molecule has 2 unspecified atom stereocenters. The van der Waals surface area contributed by atoms with Gasteiger partial charge in [-0.1, -0.05) is 29.8 Å². The molecule has 0 aliphatic rings. The highest BCUT2D eigenvalue weighted by molar-refractivity contribution is 6.30. The number of esters is 1. The first-order valence-electron chi connectivity index (χ1n) is 6.12. The summed E-state index contributed by atoms with van der Waals surface area (Å²) in [4.78, 5) is 15.6. The molecule has 2 rings (SSSR count). The number of para-hydroxylation sites is 1. The van der Waals surface area contributed by atoms with E-state index in [1.54, 1.807) is 25.1 Å². The van der Waals surface area contributed by atoms with Crippen LogP contribution in [0, 0.1) is 0 Å². The first kappa shape index (κ1) is 14.7. The summed E-state index contributed by atoms with van der Waals surface area (Å²) in [5, 5.41) is 20.6. The molecule has 2 N–H and O–H groups in total. The molecular weight excluding hydrogens is 282 g/mol. The Labute approximate surface area is 120 Å². The van der Waals surface area contributed by atoms with Crippen LogP contribution in [0.4, 0.5) is 0 Å². The maximum absolute atomic E-state index is 11.4. The molecule has 2 aromatic rings. The molecule has 2 atom stereocenters. The van der Waals surface area contributed by atoms with Crippen molar-refractivity contribution in [2.45, 2.75) is 19.1 Å². The molecule has 0 saturated carbocycles. The molecule has 5 nitrogen and oxygen atoms in total. The largest absolute Gasteiger partial charge is 0.464 e. The van der Waals surface area contributed by atoms with Gasteiger partial charge in [-0.25, -0.2) is 9.78 Å². The number of aromatic nitrogens is 1. The molecule has 0 spiro atoms. The summed E-state index contributed by atoms with van der Waals surface area (Å²) >= 11 is 5.99. The van der Waals surface area contributed by atoms with E-state index in [1.807, 2.05) is 12.1 Å². The third-order valence-corrected chi connectivity index (χ3v) is 3.15. The van der Waals surface area contributed by atoms with E-state index in [2.05, 4.69) is 9.72 Å². The lowest BCUT2D eigenvalue weighted by molar-refractivity contribution is -0.159. The lowest BCUT2D eigenvalue weighted by atomic mass is 10.0. The lowest BCUT2D eigenvalue weighted by Gasteiger charge is -2.17. The Bertz CT molecular complexity index is 632. The third kappa shape index (κ3) is 2.90. The predicted octanol–water partition coefficient (Wildman–Crippen LogP) is 1.85. The van der Waals surface area contributed by atoms with Gasteiger partial charge in [-0.15, -0.1) is 0 Å². The summed E-state index contributed by atoms with van der Waals surface area (Å²) in [6.45, 7) is 1.73. The number of benzene rings is 1. The number of pyridine rings is 1. The summed E-state index contributed by atoms with van der Waals surface area (Å²) in [7, 11) is 0. The van der Waals surface area contributed by atoms with Gasteiger partial charge in [0.25, 0.3) is 0 Å². The summed E-state index contributed by atoms with van der Waals surface area (Å²) in [5.74, 6) is -0.899. The molecule has 0 radical (unpaired) electrons. The normalized spacial score (nSPS) is 14.0. The molecule has 20 heavy (non-hydrogen) atoms. The maximum atomic E-state index is 11.4. The van der Waals surface area contributed by atoms with Gasteiger partial charge < -0.3 is 14.9 Å². The Hall–Kier alpha value is -1.69. The Balaban J connectivity index is 2.36. The first-order chi connectivity index (χ1) is 9.54. The SMILES string of the molecule is CCOC(=O)C(O)C(O)c1cc2ccccc2nc1Cl. The van der Waals surface area contributed by atoms with Gasteiger partial charge in [0.15, 0.2) is 6.10 Å². The minimum absolute atomic E-state index is 0.0412. The minimum atomic E-state index is -1.70. The molecule has 0 saturated heterocycles. The average molecular weight is 296 g/mol. The monoisotopic (exact) mass is 295 g/mol. The van der Waals surface area contributed by atoms with E-state index >= 15 is 0 Å². The van der Waals surface area contributed by atoms with Gasteiger partial charge >= 0.3 is 5.97 Å². The van der Waals surface area contributed by atoms with E-state index in [4.69, 9.17) is 11.6 Å². The number of aliphatic hydroxyl groups is 2. The van der Waals surface area contributed by atoms with Crippen LogP contribution in [0.1, 0.15) is 18.6 Å². The van der Waals surface area contributed by atoms with Gasteiger partial charge in [-0.05, 0) is 19.1 Å². The molecule has 6 heteroatoms. The van der Waals surface area contributed by atoms with Crippen LogP contribution in [0.25, 0.3) is 10.9 Å². The number of rotatable bonds is 4. The third-order valence-electron chi connectivity index (χ3n) is 2.85. The Morgan fingerprint density at radius 3 is 2.80 bits per heavy atom. The van der Waals surface area contributed by atoms with E-state index in [-0.39, 0.29) is 17.3 Å². The molecule has 106 valence electrons. The van der Waals surface area contributed by atoms with Gasteiger partial charge in [0.2, 0.25) is 0 Å². The quantitative estimate of drug-likeness (QED) is 0.665. The first-order valence-corrected chi connectivity index (χ1v) is 6.50. The van der Waals surface area contributed by atoms with Crippen molar-refractivity contribution < 1.29 is 19.7 Å². The van der Waals surface area contributed by atoms with Crippen molar-refractivity contribution in [3.8, 4) is 0 Å². The summed E-state index contributed by atoms with van der Waals surface area (Å²) in [5.41, 5.74) is 0.852.